The maximum atomic E-state index is 6.08. The molecule has 124 valence electrons. The number of H-pyrrole nitrogens is 1. The number of aromatic nitrogens is 3. The number of hydrogen-bond acceptors (Lipinski definition) is 3. The van der Waals surface area contributed by atoms with Gasteiger partial charge in [-0.25, -0.2) is 9.97 Å². The van der Waals surface area contributed by atoms with Crippen molar-refractivity contribution >= 4 is 28.5 Å². The molecule has 0 atom stereocenters. The van der Waals surface area contributed by atoms with Gasteiger partial charge >= 0.3 is 0 Å². The van der Waals surface area contributed by atoms with Crippen LogP contribution in [0.1, 0.15) is 5.56 Å². The van der Waals surface area contributed by atoms with Crippen molar-refractivity contribution < 1.29 is 0 Å². The van der Waals surface area contributed by atoms with Crippen LogP contribution in [0.4, 0.5) is 5.82 Å². The summed E-state index contributed by atoms with van der Waals surface area (Å²) in [5, 5.41) is 4.98. The van der Waals surface area contributed by atoms with E-state index in [1.807, 2.05) is 36.5 Å². The lowest BCUT2D eigenvalue weighted by molar-refractivity contribution is 1.01. The summed E-state index contributed by atoms with van der Waals surface area (Å²) in [6.07, 6.45) is 4.52. The SMILES string of the molecule is Clc1cnc2[nH]cc(-c3cccc(NCCc4ccccc4)n3)c2c1. The lowest BCUT2D eigenvalue weighted by Gasteiger charge is -2.07. The first-order valence-corrected chi connectivity index (χ1v) is 8.55. The van der Waals surface area contributed by atoms with Crippen LogP contribution in [0, 0.1) is 0 Å². The summed E-state index contributed by atoms with van der Waals surface area (Å²) in [5.74, 6) is 0.859. The average molecular weight is 349 g/mol. The van der Waals surface area contributed by atoms with Crippen LogP contribution in [0.2, 0.25) is 5.02 Å². The number of halogens is 1. The van der Waals surface area contributed by atoms with E-state index in [0.29, 0.717) is 5.02 Å². The maximum Gasteiger partial charge on any atom is 0.138 e. The fraction of sp³-hybridized carbons (Fsp3) is 0.100. The van der Waals surface area contributed by atoms with Gasteiger partial charge in [0.1, 0.15) is 11.5 Å². The molecule has 0 saturated heterocycles. The number of aromatic amines is 1. The molecule has 0 fully saturated rings. The fourth-order valence-corrected chi connectivity index (χ4v) is 3.01. The Morgan fingerprint density at radius 1 is 1.04 bits per heavy atom. The lowest BCUT2D eigenvalue weighted by atomic mass is 10.1. The summed E-state index contributed by atoms with van der Waals surface area (Å²) < 4.78 is 0. The Bertz CT molecular complexity index is 995. The third-order valence-electron chi connectivity index (χ3n) is 4.09. The van der Waals surface area contributed by atoms with E-state index >= 15 is 0 Å². The van der Waals surface area contributed by atoms with Crippen molar-refractivity contribution in [3.05, 3.63) is 77.6 Å². The molecule has 4 aromatic rings. The number of anilines is 1. The molecule has 0 aliphatic carbocycles. The molecular weight excluding hydrogens is 332 g/mol. The Morgan fingerprint density at radius 2 is 1.92 bits per heavy atom. The number of nitrogens with one attached hydrogen (secondary N) is 2. The monoisotopic (exact) mass is 348 g/mol. The van der Waals surface area contributed by atoms with E-state index < -0.39 is 0 Å². The summed E-state index contributed by atoms with van der Waals surface area (Å²) >= 11 is 6.08. The number of benzene rings is 1. The van der Waals surface area contributed by atoms with Crippen molar-refractivity contribution in [2.75, 3.05) is 11.9 Å². The quantitative estimate of drug-likeness (QED) is 0.537. The summed E-state index contributed by atoms with van der Waals surface area (Å²) in [5.41, 5.74) is 4.00. The number of nitrogens with zero attached hydrogens (tertiary/aromatic N) is 2. The Morgan fingerprint density at radius 3 is 2.80 bits per heavy atom. The molecule has 5 heteroatoms. The van der Waals surface area contributed by atoms with Gasteiger partial charge in [0.05, 0.1) is 10.7 Å². The van der Waals surface area contributed by atoms with Crippen LogP contribution in [0.15, 0.2) is 67.0 Å². The zero-order valence-corrected chi connectivity index (χ0v) is 14.3. The molecule has 0 aliphatic heterocycles. The predicted octanol–water partition coefficient (Wildman–Crippen LogP) is 4.93. The highest BCUT2D eigenvalue weighted by atomic mass is 35.5. The minimum absolute atomic E-state index is 0.616. The van der Waals surface area contributed by atoms with Crippen LogP contribution in [-0.2, 0) is 6.42 Å². The van der Waals surface area contributed by atoms with Crippen molar-refractivity contribution in [1.29, 1.82) is 0 Å². The number of fused-ring (bicyclic) bond motifs is 1. The first-order valence-electron chi connectivity index (χ1n) is 8.17. The van der Waals surface area contributed by atoms with Gasteiger partial charge in [0.25, 0.3) is 0 Å². The van der Waals surface area contributed by atoms with E-state index in [0.717, 1.165) is 41.1 Å². The molecule has 0 spiro atoms. The molecule has 0 radical (unpaired) electrons. The normalized spacial score (nSPS) is 10.9. The summed E-state index contributed by atoms with van der Waals surface area (Å²) in [4.78, 5) is 12.2. The van der Waals surface area contributed by atoms with E-state index in [1.54, 1.807) is 6.20 Å². The van der Waals surface area contributed by atoms with Crippen molar-refractivity contribution in [1.82, 2.24) is 15.0 Å². The summed E-state index contributed by atoms with van der Waals surface area (Å²) in [6.45, 7) is 0.835. The summed E-state index contributed by atoms with van der Waals surface area (Å²) in [7, 11) is 0. The molecule has 1 aromatic carbocycles. The predicted molar refractivity (Wildman–Crippen MR) is 103 cm³/mol. The van der Waals surface area contributed by atoms with Gasteiger partial charge in [-0.05, 0) is 30.2 Å². The molecule has 0 amide bonds. The van der Waals surface area contributed by atoms with Gasteiger partial charge in [0.2, 0.25) is 0 Å². The van der Waals surface area contributed by atoms with E-state index in [9.17, 15) is 0 Å². The molecule has 4 rings (SSSR count). The third-order valence-corrected chi connectivity index (χ3v) is 4.29. The number of hydrogen-bond donors (Lipinski definition) is 2. The first-order chi connectivity index (χ1) is 12.3. The molecule has 0 saturated carbocycles. The first kappa shape index (κ1) is 15.7. The molecule has 0 unspecified atom stereocenters. The van der Waals surface area contributed by atoms with Crippen LogP contribution < -0.4 is 5.32 Å². The van der Waals surface area contributed by atoms with Crippen LogP contribution in [0.25, 0.3) is 22.3 Å². The Kier molecular flexibility index (Phi) is 4.36. The second-order valence-corrected chi connectivity index (χ2v) is 6.26. The molecule has 0 aliphatic rings. The largest absolute Gasteiger partial charge is 0.370 e. The van der Waals surface area contributed by atoms with Crippen LogP contribution in [-0.4, -0.2) is 21.5 Å². The van der Waals surface area contributed by atoms with Crippen molar-refractivity contribution in [2.45, 2.75) is 6.42 Å². The van der Waals surface area contributed by atoms with Gasteiger partial charge in [-0.1, -0.05) is 48.0 Å². The van der Waals surface area contributed by atoms with Gasteiger partial charge in [0, 0.05) is 29.9 Å². The zero-order chi connectivity index (χ0) is 17.1. The minimum Gasteiger partial charge on any atom is -0.370 e. The van der Waals surface area contributed by atoms with E-state index in [4.69, 9.17) is 16.6 Å². The van der Waals surface area contributed by atoms with Crippen LogP contribution >= 0.6 is 11.6 Å². The molecule has 3 aromatic heterocycles. The van der Waals surface area contributed by atoms with Crippen LogP contribution in [0.5, 0.6) is 0 Å². The van der Waals surface area contributed by atoms with Crippen molar-refractivity contribution in [3.8, 4) is 11.3 Å². The Balaban J connectivity index is 1.53. The smallest absolute Gasteiger partial charge is 0.138 e. The summed E-state index contributed by atoms with van der Waals surface area (Å²) in [6, 6.07) is 18.3. The number of pyridine rings is 2. The molecule has 2 N–H and O–H groups in total. The van der Waals surface area contributed by atoms with Gasteiger partial charge < -0.3 is 10.3 Å². The highest BCUT2D eigenvalue weighted by Gasteiger charge is 2.09. The van der Waals surface area contributed by atoms with Gasteiger partial charge in [-0.3, -0.25) is 0 Å². The molecule has 4 nitrogen and oxygen atoms in total. The average Bonchev–Trinajstić information content (AvgIpc) is 3.06. The van der Waals surface area contributed by atoms with E-state index in [1.165, 1.54) is 5.56 Å². The fourth-order valence-electron chi connectivity index (χ4n) is 2.85. The lowest BCUT2D eigenvalue weighted by Crippen LogP contribution is -2.06. The molecular formula is C20H17ClN4. The standard InChI is InChI=1S/C20H17ClN4/c21-15-11-16-17(13-24-20(16)23-12-15)18-7-4-8-19(25-18)22-10-9-14-5-2-1-3-6-14/h1-8,11-13H,9-10H2,(H,22,25)(H,23,24). The maximum absolute atomic E-state index is 6.08. The Hall–Kier alpha value is -2.85. The molecule has 3 heterocycles. The Labute approximate surface area is 150 Å². The second kappa shape index (κ2) is 6.95. The van der Waals surface area contributed by atoms with Crippen LogP contribution in [0.3, 0.4) is 0 Å². The molecule has 25 heavy (non-hydrogen) atoms. The third kappa shape index (κ3) is 3.49. The highest BCUT2D eigenvalue weighted by Crippen LogP contribution is 2.28. The highest BCUT2D eigenvalue weighted by molar-refractivity contribution is 6.31. The van der Waals surface area contributed by atoms with E-state index in [2.05, 4.69) is 39.6 Å². The van der Waals surface area contributed by atoms with Gasteiger partial charge in [-0.15, -0.1) is 0 Å². The van der Waals surface area contributed by atoms with Gasteiger partial charge in [0.15, 0.2) is 0 Å². The minimum atomic E-state index is 0.616. The van der Waals surface area contributed by atoms with Gasteiger partial charge in [-0.2, -0.15) is 0 Å². The molecule has 0 bridgehead atoms. The number of rotatable bonds is 5. The van der Waals surface area contributed by atoms with E-state index in [-0.39, 0.29) is 0 Å². The second-order valence-electron chi connectivity index (χ2n) is 5.82. The van der Waals surface area contributed by atoms with Crippen molar-refractivity contribution in [3.63, 3.8) is 0 Å². The zero-order valence-electron chi connectivity index (χ0n) is 13.5. The van der Waals surface area contributed by atoms with Crippen molar-refractivity contribution in [2.24, 2.45) is 0 Å². The topological polar surface area (TPSA) is 53.6 Å².